The molecule has 1 aliphatic heterocycles. The van der Waals surface area contributed by atoms with Crippen molar-refractivity contribution in [1.82, 2.24) is 5.32 Å². The number of amides is 2. The van der Waals surface area contributed by atoms with Gasteiger partial charge in [0.2, 0.25) is 11.8 Å². The molecule has 2 amide bonds. The second-order valence-corrected chi connectivity index (χ2v) is 7.01. The van der Waals surface area contributed by atoms with Gasteiger partial charge in [0.25, 0.3) is 0 Å². The molecule has 1 aromatic rings. The molecule has 2 aliphatic rings. The number of nitrogens with zero attached hydrogens (tertiary/aromatic N) is 1. The summed E-state index contributed by atoms with van der Waals surface area (Å²) in [5.74, 6) is 0.644. The molecule has 1 aliphatic carbocycles. The summed E-state index contributed by atoms with van der Waals surface area (Å²) in [6, 6.07) is 7.86. The fourth-order valence-electron chi connectivity index (χ4n) is 3.95. The molecule has 2 fully saturated rings. The summed E-state index contributed by atoms with van der Waals surface area (Å²) in [5.41, 5.74) is 7.75. The van der Waals surface area contributed by atoms with E-state index in [2.05, 4.69) is 5.32 Å². The van der Waals surface area contributed by atoms with E-state index in [9.17, 15) is 9.59 Å². The molecular formula is C19H28ClN3O2. The Morgan fingerprint density at radius 3 is 2.84 bits per heavy atom. The molecule has 6 heteroatoms. The van der Waals surface area contributed by atoms with E-state index < -0.39 is 0 Å². The Labute approximate surface area is 155 Å². The zero-order valence-corrected chi connectivity index (χ0v) is 15.6. The number of benzene rings is 1. The molecule has 1 saturated heterocycles. The van der Waals surface area contributed by atoms with Gasteiger partial charge in [-0.1, -0.05) is 18.6 Å². The van der Waals surface area contributed by atoms with E-state index in [1.54, 1.807) is 0 Å². The first kappa shape index (κ1) is 19.7. The standard InChI is InChI=1S/C19H27N3O2.ClH/c1-13(21-19(24)17-8-3-6-15(17)12-20)14-5-2-7-16(11-14)22-10-4-9-18(22)23;/h2,5,7,11,13,15,17H,3-4,6,8-10,12,20H2,1H3,(H,21,24);1H/t13?,15-,17-;/m1./s1. The minimum absolute atomic E-state index is 0. The van der Waals surface area contributed by atoms with Gasteiger partial charge in [0.05, 0.1) is 6.04 Å². The van der Waals surface area contributed by atoms with Crippen LogP contribution in [0.4, 0.5) is 5.69 Å². The lowest BCUT2D eigenvalue weighted by Gasteiger charge is -2.22. The molecule has 0 spiro atoms. The Bertz CT molecular complexity index is 622. The lowest BCUT2D eigenvalue weighted by atomic mass is 9.94. The van der Waals surface area contributed by atoms with Gasteiger partial charge in [-0.3, -0.25) is 9.59 Å². The van der Waals surface area contributed by atoms with E-state index in [-0.39, 0.29) is 36.2 Å². The summed E-state index contributed by atoms with van der Waals surface area (Å²) in [7, 11) is 0. The van der Waals surface area contributed by atoms with E-state index in [1.807, 2.05) is 36.1 Å². The maximum atomic E-state index is 12.6. The zero-order chi connectivity index (χ0) is 17.1. The molecule has 3 N–H and O–H groups in total. The maximum absolute atomic E-state index is 12.6. The van der Waals surface area contributed by atoms with E-state index >= 15 is 0 Å². The Hall–Kier alpha value is -1.59. The van der Waals surface area contributed by atoms with Gasteiger partial charge in [-0.05, 0) is 56.3 Å². The van der Waals surface area contributed by atoms with Crippen LogP contribution in [0.5, 0.6) is 0 Å². The number of hydrogen-bond acceptors (Lipinski definition) is 3. The molecule has 0 radical (unpaired) electrons. The van der Waals surface area contributed by atoms with Gasteiger partial charge in [0.1, 0.15) is 0 Å². The Kier molecular flexibility index (Phi) is 6.85. The maximum Gasteiger partial charge on any atom is 0.227 e. The molecule has 1 unspecified atom stereocenters. The van der Waals surface area contributed by atoms with Crippen molar-refractivity contribution >= 4 is 29.9 Å². The summed E-state index contributed by atoms with van der Waals surface area (Å²) in [6.45, 7) is 3.36. The smallest absolute Gasteiger partial charge is 0.227 e. The average molecular weight is 366 g/mol. The van der Waals surface area contributed by atoms with Crippen LogP contribution in [0.15, 0.2) is 24.3 Å². The minimum atomic E-state index is -0.0748. The second kappa shape index (κ2) is 8.68. The fraction of sp³-hybridized carbons (Fsp3) is 0.579. The molecule has 3 rings (SSSR count). The van der Waals surface area contributed by atoms with Crippen molar-refractivity contribution in [2.75, 3.05) is 18.0 Å². The van der Waals surface area contributed by atoms with E-state index in [0.717, 1.165) is 43.5 Å². The lowest BCUT2D eigenvalue weighted by Crippen LogP contribution is -2.36. The van der Waals surface area contributed by atoms with Crippen LogP contribution in [0.3, 0.4) is 0 Å². The molecule has 0 bridgehead atoms. The molecule has 25 heavy (non-hydrogen) atoms. The van der Waals surface area contributed by atoms with Crippen LogP contribution in [0.1, 0.15) is 50.6 Å². The van der Waals surface area contributed by atoms with E-state index in [0.29, 0.717) is 18.9 Å². The zero-order valence-electron chi connectivity index (χ0n) is 14.7. The minimum Gasteiger partial charge on any atom is -0.349 e. The third-order valence-electron chi connectivity index (χ3n) is 5.41. The average Bonchev–Trinajstić information content (AvgIpc) is 3.23. The van der Waals surface area contributed by atoms with Crippen LogP contribution in [0.25, 0.3) is 0 Å². The highest BCUT2D eigenvalue weighted by molar-refractivity contribution is 5.95. The Balaban J connectivity index is 0.00000225. The summed E-state index contributed by atoms with van der Waals surface area (Å²) in [6.07, 6.45) is 4.61. The van der Waals surface area contributed by atoms with Gasteiger partial charge in [-0.2, -0.15) is 0 Å². The lowest BCUT2D eigenvalue weighted by molar-refractivity contribution is -0.126. The summed E-state index contributed by atoms with van der Waals surface area (Å²) in [4.78, 5) is 26.3. The van der Waals surface area contributed by atoms with Crippen LogP contribution in [0, 0.1) is 11.8 Å². The molecule has 138 valence electrons. The fourth-order valence-corrected chi connectivity index (χ4v) is 3.95. The van der Waals surface area contributed by atoms with Gasteiger partial charge in [-0.25, -0.2) is 0 Å². The van der Waals surface area contributed by atoms with Gasteiger partial charge in [0, 0.05) is 24.6 Å². The highest BCUT2D eigenvalue weighted by Crippen LogP contribution is 2.32. The normalized spacial score (nSPS) is 24.1. The number of carbonyl (C=O) groups is 2. The van der Waals surface area contributed by atoms with Crippen LogP contribution in [-0.4, -0.2) is 24.9 Å². The molecule has 3 atom stereocenters. The topological polar surface area (TPSA) is 75.4 Å². The predicted molar refractivity (Wildman–Crippen MR) is 102 cm³/mol. The van der Waals surface area contributed by atoms with Crippen LogP contribution >= 0.6 is 12.4 Å². The van der Waals surface area contributed by atoms with Crippen molar-refractivity contribution in [2.24, 2.45) is 17.6 Å². The number of rotatable bonds is 5. The second-order valence-electron chi connectivity index (χ2n) is 7.01. The van der Waals surface area contributed by atoms with Crippen molar-refractivity contribution in [3.63, 3.8) is 0 Å². The molecule has 1 heterocycles. The van der Waals surface area contributed by atoms with Gasteiger partial charge >= 0.3 is 0 Å². The third-order valence-corrected chi connectivity index (χ3v) is 5.41. The van der Waals surface area contributed by atoms with Crippen molar-refractivity contribution in [3.05, 3.63) is 29.8 Å². The monoisotopic (exact) mass is 365 g/mol. The largest absolute Gasteiger partial charge is 0.349 e. The number of halogens is 1. The highest BCUT2D eigenvalue weighted by atomic mass is 35.5. The molecule has 5 nitrogen and oxygen atoms in total. The van der Waals surface area contributed by atoms with Crippen molar-refractivity contribution in [2.45, 2.75) is 45.1 Å². The SMILES string of the molecule is CC(NC(=O)[C@@H]1CCC[C@@H]1CN)c1cccc(N2CCCC2=O)c1.Cl. The van der Waals surface area contributed by atoms with Crippen LogP contribution < -0.4 is 16.0 Å². The summed E-state index contributed by atoms with van der Waals surface area (Å²) in [5, 5.41) is 3.13. The van der Waals surface area contributed by atoms with Gasteiger partial charge in [0.15, 0.2) is 0 Å². The number of nitrogens with one attached hydrogen (secondary N) is 1. The predicted octanol–water partition coefficient (Wildman–Crippen LogP) is 2.79. The molecule has 0 aromatic heterocycles. The van der Waals surface area contributed by atoms with Crippen molar-refractivity contribution < 1.29 is 9.59 Å². The van der Waals surface area contributed by atoms with Crippen molar-refractivity contribution in [1.29, 1.82) is 0 Å². The number of anilines is 1. The summed E-state index contributed by atoms with van der Waals surface area (Å²) < 4.78 is 0. The first-order valence-corrected chi connectivity index (χ1v) is 9.01. The van der Waals surface area contributed by atoms with Crippen LogP contribution in [0.2, 0.25) is 0 Å². The summed E-state index contributed by atoms with van der Waals surface area (Å²) >= 11 is 0. The first-order valence-electron chi connectivity index (χ1n) is 9.01. The molecule has 1 saturated carbocycles. The highest BCUT2D eigenvalue weighted by Gasteiger charge is 2.32. The first-order chi connectivity index (χ1) is 11.6. The Morgan fingerprint density at radius 1 is 1.36 bits per heavy atom. The van der Waals surface area contributed by atoms with Gasteiger partial charge < -0.3 is 16.0 Å². The van der Waals surface area contributed by atoms with Crippen molar-refractivity contribution in [3.8, 4) is 0 Å². The number of hydrogen-bond donors (Lipinski definition) is 2. The number of nitrogens with two attached hydrogens (primary N) is 1. The van der Waals surface area contributed by atoms with Gasteiger partial charge in [-0.15, -0.1) is 12.4 Å². The van der Waals surface area contributed by atoms with E-state index in [4.69, 9.17) is 5.73 Å². The Morgan fingerprint density at radius 2 is 2.16 bits per heavy atom. The van der Waals surface area contributed by atoms with E-state index in [1.165, 1.54) is 0 Å². The molecule has 1 aromatic carbocycles. The number of carbonyl (C=O) groups excluding carboxylic acids is 2. The molecular weight excluding hydrogens is 338 g/mol. The van der Waals surface area contributed by atoms with Crippen LogP contribution in [-0.2, 0) is 9.59 Å². The quantitative estimate of drug-likeness (QED) is 0.842. The third kappa shape index (κ3) is 4.33.